The molecule has 0 bridgehead atoms. The van der Waals surface area contributed by atoms with Crippen LogP contribution in [0.4, 0.5) is 0 Å². The Morgan fingerprint density at radius 3 is 2.04 bits per heavy atom. The molecule has 0 unspecified atom stereocenters. The number of hydrazone groups is 1. The Morgan fingerprint density at radius 1 is 0.923 bits per heavy atom. The number of rotatable bonds is 8. The Bertz CT molecular complexity index is 787. The molecule has 2 aromatic carbocycles. The van der Waals surface area contributed by atoms with Crippen LogP contribution in [0.15, 0.2) is 63.8 Å². The molecule has 0 saturated heterocycles. The average molecular weight is 353 g/mol. The fraction of sp³-hybridized carbons (Fsp3) is 0.211. The van der Waals surface area contributed by atoms with Crippen molar-refractivity contribution in [2.45, 2.75) is 13.8 Å². The predicted octanol–water partition coefficient (Wildman–Crippen LogP) is 2.76. The van der Waals surface area contributed by atoms with E-state index in [1.165, 1.54) is 0 Å². The van der Waals surface area contributed by atoms with E-state index in [1.54, 1.807) is 12.4 Å². The number of nitrogens with one attached hydrogen (secondary N) is 1. The molecule has 0 amide bonds. The lowest BCUT2D eigenvalue weighted by Crippen LogP contribution is -2.26. The van der Waals surface area contributed by atoms with Crippen LogP contribution in [0.25, 0.3) is 0 Å². The number of nitrogens with zero attached hydrogens (tertiary/aromatic N) is 3. The number of hydrogen-bond donors (Lipinski definition) is 2. The Balaban J connectivity index is 1.97. The molecule has 0 aliphatic rings. The van der Waals surface area contributed by atoms with Crippen LogP contribution < -0.4 is 20.6 Å². The fourth-order valence-corrected chi connectivity index (χ4v) is 2.09. The first-order chi connectivity index (χ1) is 12.7. The summed E-state index contributed by atoms with van der Waals surface area (Å²) in [6, 6.07) is 15.1. The van der Waals surface area contributed by atoms with E-state index in [0.717, 1.165) is 22.6 Å². The normalized spacial score (nSPS) is 11.8. The average Bonchev–Trinajstić information content (AvgIpc) is 2.65. The number of benzene rings is 2. The van der Waals surface area contributed by atoms with Gasteiger partial charge >= 0.3 is 0 Å². The minimum Gasteiger partial charge on any atom is -0.493 e. The second kappa shape index (κ2) is 10.5. The van der Waals surface area contributed by atoms with Crippen molar-refractivity contribution in [3.05, 3.63) is 59.7 Å². The molecule has 0 aliphatic carbocycles. The number of nitrogens with two attached hydrogens (primary N) is 1. The van der Waals surface area contributed by atoms with Gasteiger partial charge in [-0.15, -0.1) is 5.10 Å². The molecule has 2 aromatic rings. The molecule has 0 fully saturated rings. The third kappa shape index (κ3) is 5.94. The van der Waals surface area contributed by atoms with E-state index >= 15 is 0 Å². The maximum atomic E-state index is 5.74. The largest absolute Gasteiger partial charge is 0.493 e. The summed E-state index contributed by atoms with van der Waals surface area (Å²) < 4.78 is 11.0. The summed E-state index contributed by atoms with van der Waals surface area (Å²) in [5, 5.41) is 11.9. The molecule has 0 radical (unpaired) electrons. The smallest absolute Gasteiger partial charge is 0.234 e. The molecular weight excluding hydrogens is 330 g/mol. The first-order valence-electron chi connectivity index (χ1n) is 8.33. The molecule has 0 aromatic heterocycles. The van der Waals surface area contributed by atoms with Gasteiger partial charge in [0.15, 0.2) is 0 Å². The molecule has 0 heterocycles. The fourth-order valence-electron chi connectivity index (χ4n) is 2.09. The Kier molecular flexibility index (Phi) is 7.67. The van der Waals surface area contributed by atoms with E-state index in [-0.39, 0.29) is 5.96 Å². The maximum Gasteiger partial charge on any atom is 0.234 e. The molecule has 0 spiro atoms. The lowest BCUT2D eigenvalue weighted by Gasteiger charge is -2.05. The molecule has 3 N–H and O–H groups in total. The lowest BCUT2D eigenvalue weighted by atomic mass is 10.2. The molecule has 0 aliphatic heterocycles. The molecule has 2 rings (SSSR count). The summed E-state index contributed by atoms with van der Waals surface area (Å²) in [6.45, 7) is 5.02. The van der Waals surface area contributed by atoms with Crippen molar-refractivity contribution in [3.63, 3.8) is 0 Å². The first kappa shape index (κ1) is 19.0. The Hall–Kier alpha value is -3.35. The second-order valence-electron chi connectivity index (χ2n) is 5.04. The van der Waals surface area contributed by atoms with Crippen molar-refractivity contribution in [2.24, 2.45) is 21.0 Å². The number of guanidine groups is 1. The van der Waals surface area contributed by atoms with E-state index in [0.29, 0.717) is 13.2 Å². The van der Waals surface area contributed by atoms with Crippen LogP contribution in [0.5, 0.6) is 11.5 Å². The van der Waals surface area contributed by atoms with Gasteiger partial charge < -0.3 is 15.2 Å². The molecule has 26 heavy (non-hydrogen) atoms. The molecule has 0 saturated carbocycles. The number of ether oxygens (including phenoxy) is 2. The summed E-state index contributed by atoms with van der Waals surface area (Å²) in [5.74, 6) is 1.56. The van der Waals surface area contributed by atoms with Gasteiger partial charge in [0.25, 0.3) is 0 Å². The highest BCUT2D eigenvalue weighted by Crippen LogP contribution is 2.16. The predicted molar refractivity (Wildman–Crippen MR) is 105 cm³/mol. The summed E-state index contributed by atoms with van der Waals surface area (Å²) >= 11 is 0. The van der Waals surface area contributed by atoms with E-state index < -0.39 is 0 Å². The van der Waals surface area contributed by atoms with Crippen LogP contribution >= 0.6 is 0 Å². The standard InChI is InChI=1S/C19H23N5O2/c1-3-25-17-11-7-5-9-15(17)13-21-23-19(20)24-22-14-16-10-6-8-12-18(16)26-4-2/h5-14H,3-4H2,1-2H3,(H3,20,23,24)/b21-13+,22-14?. The van der Waals surface area contributed by atoms with Crippen molar-refractivity contribution < 1.29 is 9.47 Å². The van der Waals surface area contributed by atoms with E-state index in [2.05, 4.69) is 20.7 Å². The van der Waals surface area contributed by atoms with Gasteiger partial charge in [0.2, 0.25) is 5.96 Å². The van der Waals surface area contributed by atoms with Crippen LogP contribution in [0.1, 0.15) is 25.0 Å². The lowest BCUT2D eigenvalue weighted by molar-refractivity contribution is 0.339. The van der Waals surface area contributed by atoms with Gasteiger partial charge in [0, 0.05) is 11.1 Å². The minimum absolute atomic E-state index is 0.0697. The summed E-state index contributed by atoms with van der Waals surface area (Å²) in [6.07, 6.45) is 3.19. The van der Waals surface area contributed by atoms with Crippen molar-refractivity contribution in [3.8, 4) is 11.5 Å². The van der Waals surface area contributed by atoms with Crippen molar-refractivity contribution in [1.29, 1.82) is 0 Å². The van der Waals surface area contributed by atoms with Crippen LogP contribution in [0.2, 0.25) is 0 Å². The summed E-state index contributed by atoms with van der Waals surface area (Å²) in [7, 11) is 0. The van der Waals surface area contributed by atoms with E-state index in [9.17, 15) is 0 Å². The van der Waals surface area contributed by atoms with Crippen LogP contribution in [0, 0.1) is 0 Å². The number of hydrogen-bond acceptors (Lipinski definition) is 5. The zero-order valence-corrected chi connectivity index (χ0v) is 14.9. The van der Waals surface area contributed by atoms with Crippen LogP contribution in [-0.4, -0.2) is 31.6 Å². The Labute approximate surface area is 153 Å². The molecule has 0 atom stereocenters. The van der Waals surface area contributed by atoms with Gasteiger partial charge in [-0.2, -0.15) is 10.2 Å². The van der Waals surface area contributed by atoms with E-state index in [4.69, 9.17) is 15.2 Å². The van der Waals surface area contributed by atoms with Gasteiger partial charge in [-0.05, 0) is 38.1 Å². The molecule has 7 heteroatoms. The van der Waals surface area contributed by atoms with Gasteiger partial charge in [0.1, 0.15) is 11.5 Å². The Morgan fingerprint density at radius 2 is 1.46 bits per heavy atom. The minimum atomic E-state index is 0.0697. The molecular formula is C19H23N5O2. The van der Waals surface area contributed by atoms with Gasteiger partial charge in [-0.1, -0.05) is 24.3 Å². The molecule has 7 nitrogen and oxygen atoms in total. The highest BCUT2D eigenvalue weighted by molar-refractivity contribution is 5.86. The summed E-state index contributed by atoms with van der Waals surface area (Å²) in [5.41, 5.74) is 10.0. The van der Waals surface area contributed by atoms with E-state index in [1.807, 2.05) is 62.4 Å². The second-order valence-corrected chi connectivity index (χ2v) is 5.04. The van der Waals surface area contributed by atoms with Gasteiger partial charge in [0.05, 0.1) is 25.6 Å². The third-order valence-corrected chi connectivity index (χ3v) is 3.18. The zero-order valence-electron chi connectivity index (χ0n) is 14.9. The quantitative estimate of drug-likeness (QED) is 0.433. The topological polar surface area (TPSA) is 93.6 Å². The number of para-hydroxylation sites is 2. The SMILES string of the molecule is CCOc1ccccc1C=NN/C(N)=N/N=C/c1ccccc1OCC. The van der Waals surface area contributed by atoms with Crippen LogP contribution in [0.3, 0.4) is 0 Å². The van der Waals surface area contributed by atoms with Gasteiger partial charge in [-0.3, -0.25) is 0 Å². The molecule has 136 valence electrons. The monoisotopic (exact) mass is 353 g/mol. The highest BCUT2D eigenvalue weighted by Gasteiger charge is 1.99. The van der Waals surface area contributed by atoms with Gasteiger partial charge in [-0.25, -0.2) is 5.43 Å². The van der Waals surface area contributed by atoms with Crippen molar-refractivity contribution >= 4 is 18.4 Å². The van der Waals surface area contributed by atoms with Crippen LogP contribution in [-0.2, 0) is 0 Å². The first-order valence-corrected chi connectivity index (χ1v) is 8.33. The summed E-state index contributed by atoms with van der Waals surface area (Å²) in [4.78, 5) is 0. The van der Waals surface area contributed by atoms with Crippen molar-refractivity contribution in [1.82, 2.24) is 5.43 Å². The highest BCUT2D eigenvalue weighted by atomic mass is 16.5. The van der Waals surface area contributed by atoms with Crippen molar-refractivity contribution in [2.75, 3.05) is 13.2 Å². The zero-order chi connectivity index (χ0) is 18.6. The third-order valence-electron chi connectivity index (χ3n) is 3.18. The maximum absolute atomic E-state index is 5.74.